The van der Waals surface area contributed by atoms with E-state index in [-0.39, 0.29) is 24.2 Å². The number of aromatic nitrogens is 2. The molecule has 8 heteroatoms. The highest BCUT2D eigenvalue weighted by Crippen LogP contribution is 2.31. The van der Waals surface area contributed by atoms with Gasteiger partial charge in [-0.05, 0) is 25.5 Å². The molecule has 22 heavy (non-hydrogen) atoms. The molecule has 1 aliphatic rings. The fourth-order valence-corrected chi connectivity index (χ4v) is 3.37. The Bertz CT molecular complexity index is 643. The third kappa shape index (κ3) is 3.95. The van der Waals surface area contributed by atoms with Crippen LogP contribution in [-0.4, -0.2) is 29.2 Å². The van der Waals surface area contributed by atoms with E-state index in [0.717, 1.165) is 31.5 Å². The maximum absolute atomic E-state index is 12.1. The molecule has 2 N–H and O–H groups in total. The van der Waals surface area contributed by atoms with Gasteiger partial charge in [0, 0.05) is 12.1 Å². The predicted molar refractivity (Wildman–Crippen MR) is 91.8 cm³/mol. The summed E-state index contributed by atoms with van der Waals surface area (Å²) < 4.78 is 0. The lowest BCUT2D eigenvalue weighted by molar-refractivity contribution is -0.120. The Labute approximate surface area is 143 Å². The number of halogens is 2. The highest BCUT2D eigenvalue weighted by atomic mass is 35.5. The molecule has 1 atom stereocenters. The maximum Gasteiger partial charge on any atom is 0.230 e. The second-order valence-corrected chi connectivity index (χ2v) is 6.31. The fraction of sp³-hybridized carbons (Fsp3) is 0.357. The van der Waals surface area contributed by atoms with Crippen LogP contribution in [0.3, 0.4) is 0 Å². The average molecular weight is 359 g/mol. The van der Waals surface area contributed by atoms with Crippen LogP contribution in [0.15, 0.2) is 24.3 Å². The minimum atomic E-state index is 0. The minimum absolute atomic E-state index is 0. The van der Waals surface area contributed by atoms with E-state index in [1.807, 2.05) is 24.3 Å². The van der Waals surface area contributed by atoms with E-state index in [0.29, 0.717) is 15.2 Å². The molecule has 1 amide bonds. The topological polar surface area (TPSA) is 66.9 Å². The first kappa shape index (κ1) is 17.1. The van der Waals surface area contributed by atoms with Gasteiger partial charge in [0.15, 0.2) is 5.01 Å². The molecule has 5 nitrogen and oxygen atoms in total. The summed E-state index contributed by atoms with van der Waals surface area (Å²) in [6, 6.07) is 7.46. The van der Waals surface area contributed by atoms with Gasteiger partial charge < -0.3 is 10.6 Å². The molecule has 3 rings (SSSR count). The first-order valence-electron chi connectivity index (χ1n) is 6.84. The molecular formula is C14H16Cl2N4OS. The number of carbonyl (C=O) groups excluding carboxylic acids is 1. The SMILES string of the molecule is Cl.O=C(Nc1nnc(-c2ccccc2Cl)s1)C1CCCNC1. The molecule has 1 unspecified atom stereocenters. The van der Waals surface area contributed by atoms with Gasteiger partial charge in [0.25, 0.3) is 0 Å². The number of hydrogen-bond donors (Lipinski definition) is 2. The molecule has 0 spiro atoms. The second-order valence-electron chi connectivity index (χ2n) is 4.92. The zero-order chi connectivity index (χ0) is 14.7. The van der Waals surface area contributed by atoms with Crippen molar-refractivity contribution in [3.8, 4) is 10.6 Å². The molecule has 0 radical (unpaired) electrons. The zero-order valence-corrected chi connectivity index (χ0v) is 14.1. The lowest BCUT2D eigenvalue weighted by atomic mass is 9.99. The van der Waals surface area contributed by atoms with Gasteiger partial charge in [-0.2, -0.15) is 0 Å². The van der Waals surface area contributed by atoms with E-state index in [1.54, 1.807) is 0 Å². The van der Waals surface area contributed by atoms with Crippen LogP contribution >= 0.6 is 35.3 Å². The Hall–Kier alpha value is -1.21. The van der Waals surface area contributed by atoms with Crippen LogP contribution in [0.1, 0.15) is 12.8 Å². The van der Waals surface area contributed by atoms with Gasteiger partial charge in [-0.3, -0.25) is 4.79 Å². The van der Waals surface area contributed by atoms with Gasteiger partial charge in [-0.1, -0.05) is 41.1 Å². The average Bonchev–Trinajstić information content (AvgIpc) is 2.97. The summed E-state index contributed by atoms with van der Waals surface area (Å²) in [6.45, 7) is 1.71. The van der Waals surface area contributed by atoms with Crippen molar-refractivity contribution in [3.63, 3.8) is 0 Å². The van der Waals surface area contributed by atoms with Crippen LogP contribution < -0.4 is 10.6 Å². The van der Waals surface area contributed by atoms with Crippen LogP contribution in [0.4, 0.5) is 5.13 Å². The van der Waals surface area contributed by atoms with E-state index in [2.05, 4.69) is 20.8 Å². The van der Waals surface area contributed by atoms with Crippen molar-refractivity contribution in [2.24, 2.45) is 5.92 Å². The maximum atomic E-state index is 12.1. The largest absolute Gasteiger partial charge is 0.316 e. The van der Waals surface area contributed by atoms with Gasteiger partial charge in [0.05, 0.1) is 10.9 Å². The van der Waals surface area contributed by atoms with Gasteiger partial charge in [-0.25, -0.2) is 0 Å². The summed E-state index contributed by atoms with van der Waals surface area (Å²) in [5.74, 6) is 0.00970. The second kappa shape index (κ2) is 7.87. The Morgan fingerprint density at radius 1 is 1.36 bits per heavy atom. The molecular weight excluding hydrogens is 343 g/mol. The number of carbonyl (C=O) groups is 1. The quantitative estimate of drug-likeness (QED) is 0.883. The van der Waals surface area contributed by atoms with Crippen LogP contribution in [0.2, 0.25) is 5.02 Å². The number of nitrogens with zero attached hydrogens (tertiary/aromatic N) is 2. The van der Waals surface area contributed by atoms with Crippen LogP contribution in [0, 0.1) is 5.92 Å². The molecule has 1 fully saturated rings. The number of anilines is 1. The van der Waals surface area contributed by atoms with Crippen LogP contribution in [-0.2, 0) is 4.79 Å². The fourth-order valence-electron chi connectivity index (χ4n) is 2.30. The normalized spacial score (nSPS) is 17.6. The number of hydrogen-bond acceptors (Lipinski definition) is 5. The molecule has 1 saturated heterocycles. The van der Waals surface area contributed by atoms with Crippen molar-refractivity contribution < 1.29 is 4.79 Å². The first-order valence-corrected chi connectivity index (χ1v) is 8.03. The van der Waals surface area contributed by atoms with Crippen molar-refractivity contribution >= 4 is 46.4 Å². The Balaban J connectivity index is 0.00000176. The number of nitrogens with one attached hydrogen (secondary N) is 2. The number of rotatable bonds is 3. The van der Waals surface area contributed by atoms with Crippen molar-refractivity contribution in [2.75, 3.05) is 18.4 Å². The molecule has 2 aromatic rings. The zero-order valence-electron chi connectivity index (χ0n) is 11.7. The summed E-state index contributed by atoms with van der Waals surface area (Å²) in [4.78, 5) is 12.1. The lowest BCUT2D eigenvalue weighted by Crippen LogP contribution is -2.37. The molecule has 1 aliphatic heterocycles. The summed E-state index contributed by atoms with van der Waals surface area (Å²) in [7, 11) is 0. The third-order valence-electron chi connectivity index (χ3n) is 3.43. The van der Waals surface area contributed by atoms with E-state index in [4.69, 9.17) is 11.6 Å². The highest BCUT2D eigenvalue weighted by molar-refractivity contribution is 7.18. The Morgan fingerprint density at radius 3 is 2.91 bits per heavy atom. The minimum Gasteiger partial charge on any atom is -0.316 e. The molecule has 0 aliphatic carbocycles. The van der Waals surface area contributed by atoms with Gasteiger partial charge in [-0.15, -0.1) is 22.6 Å². The first-order chi connectivity index (χ1) is 10.2. The summed E-state index contributed by atoms with van der Waals surface area (Å²) in [5, 5.41) is 16.0. The Kier molecular flexibility index (Phi) is 6.14. The lowest BCUT2D eigenvalue weighted by Gasteiger charge is -2.21. The number of piperidine rings is 1. The smallest absolute Gasteiger partial charge is 0.230 e. The molecule has 1 aromatic carbocycles. The summed E-state index contributed by atoms with van der Waals surface area (Å²) >= 11 is 7.47. The van der Waals surface area contributed by atoms with Crippen molar-refractivity contribution in [1.82, 2.24) is 15.5 Å². The van der Waals surface area contributed by atoms with E-state index < -0.39 is 0 Å². The Morgan fingerprint density at radius 2 is 2.18 bits per heavy atom. The monoisotopic (exact) mass is 358 g/mol. The van der Waals surface area contributed by atoms with Gasteiger partial charge >= 0.3 is 0 Å². The third-order valence-corrected chi connectivity index (χ3v) is 4.63. The molecule has 2 heterocycles. The van der Waals surface area contributed by atoms with Gasteiger partial charge in [0.2, 0.25) is 11.0 Å². The van der Waals surface area contributed by atoms with Crippen molar-refractivity contribution in [2.45, 2.75) is 12.8 Å². The number of amides is 1. The summed E-state index contributed by atoms with van der Waals surface area (Å²) in [5.41, 5.74) is 0.830. The van der Waals surface area contributed by atoms with Crippen LogP contribution in [0.5, 0.6) is 0 Å². The standard InChI is InChI=1S/C14H15ClN4OS.ClH/c15-11-6-2-1-5-10(11)13-18-19-14(21-13)17-12(20)9-4-3-7-16-8-9;/h1-2,5-6,9,16H,3-4,7-8H2,(H,17,19,20);1H. The van der Waals surface area contributed by atoms with Crippen molar-refractivity contribution in [3.05, 3.63) is 29.3 Å². The molecule has 0 bridgehead atoms. The van der Waals surface area contributed by atoms with Crippen molar-refractivity contribution in [1.29, 1.82) is 0 Å². The van der Waals surface area contributed by atoms with E-state index in [1.165, 1.54) is 11.3 Å². The highest BCUT2D eigenvalue weighted by Gasteiger charge is 2.22. The molecule has 1 aromatic heterocycles. The molecule has 0 saturated carbocycles. The van der Waals surface area contributed by atoms with E-state index >= 15 is 0 Å². The van der Waals surface area contributed by atoms with Crippen LogP contribution in [0.25, 0.3) is 10.6 Å². The van der Waals surface area contributed by atoms with Gasteiger partial charge in [0.1, 0.15) is 0 Å². The summed E-state index contributed by atoms with van der Waals surface area (Å²) in [6.07, 6.45) is 1.94. The van der Waals surface area contributed by atoms with E-state index in [9.17, 15) is 4.79 Å². The molecule has 118 valence electrons. The predicted octanol–water partition coefficient (Wildman–Crippen LogP) is 3.22. The number of benzene rings is 1.